The molecule has 5 rings (SSSR count). The van der Waals surface area contributed by atoms with Gasteiger partial charge >= 0.3 is 5.69 Å². The lowest BCUT2D eigenvalue weighted by Crippen LogP contribution is -2.40. The monoisotopic (exact) mass is 423 g/mol. The number of benzene rings is 3. The van der Waals surface area contributed by atoms with Crippen LogP contribution in [0.1, 0.15) is 0 Å². The van der Waals surface area contributed by atoms with E-state index >= 15 is 0 Å². The molecule has 0 aliphatic rings. The van der Waals surface area contributed by atoms with Gasteiger partial charge in [-0.05, 0) is 30.0 Å². The fourth-order valence-corrected chi connectivity index (χ4v) is 4.31. The molecule has 0 unspecified atom stereocenters. The molecule has 0 saturated carbocycles. The molecule has 0 atom stereocenters. The molecule has 0 aliphatic carbocycles. The third-order valence-corrected chi connectivity index (χ3v) is 5.76. The van der Waals surface area contributed by atoms with E-state index in [2.05, 4.69) is 12.1 Å². The number of fused-ring (bicyclic) bond motifs is 5. The number of halogens is 1. The van der Waals surface area contributed by atoms with Gasteiger partial charge in [-0.25, -0.2) is 4.79 Å². The second-order valence-electron chi connectivity index (χ2n) is 7.48. The van der Waals surface area contributed by atoms with Crippen molar-refractivity contribution in [2.45, 2.75) is 6.54 Å². The number of para-hydroxylation sites is 1. The number of aliphatic hydroxyl groups excluding tert-OH is 1. The van der Waals surface area contributed by atoms with Gasteiger partial charge in [0, 0.05) is 30.4 Å². The summed E-state index contributed by atoms with van der Waals surface area (Å²) in [7, 11) is 1.86. The van der Waals surface area contributed by atoms with Gasteiger partial charge in [-0.3, -0.25) is 13.8 Å². The van der Waals surface area contributed by atoms with Crippen LogP contribution in [-0.4, -0.2) is 45.7 Å². The van der Waals surface area contributed by atoms with Gasteiger partial charge in [0.25, 0.3) is 5.56 Å². The second-order valence-corrected chi connectivity index (χ2v) is 7.48. The molecule has 0 bridgehead atoms. The van der Waals surface area contributed by atoms with E-state index in [1.165, 1.54) is 4.57 Å². The Hall–Kier alpha value is -2.93. The quantitative estimate of drug-likeness (QED) is 0.472. The van der Waals surface area contributed by atoms with Crippen LogP contribution < -0.4 is 11.2 Å². The summed E-state index contributed by atoms with van der Waals surface area (Å²) in [5.41, 5.74) is 0.921. The van der Waals surface area contributed by atoms with Gasteiger partial charge in [0.05, 0.1) is 23.0 Å². The van der Waals surface area contributed by atoms with Crippen LogP contribution in [0.4, 0.5) is 0 Å². The van der Waals surface area contributed by atoms with Gasteiger partial charge in [-0.2, -0.15) is 0 Å². The summed E-state index contributed by atoms with van der Waals surface area (Å²) in [5.74, 6) is 0. The number of aromatic nitrogens is 2. The zero-order valence-electron chi connectivity index (χ0n) is 16.5. The highest BCUT2D eigenvalue weighted by atomic mass is 35.5. The van der Waals surface area contributed by atoms with E-state index in [0.29, 0.717) is 24.0 Å². The van der Waals surface area contributed by atoms with Crippen molar-refractivity contribution in [2.24, 2.45) is 0 Å². The van der Waals surface area contributed by atoms with E-state index in [1.807, 2.05) is 48.3 Å². The fourth-order valence-electron chi connectivity index (χ4n) is 4.31. The van der Waals surface area contributed by atoms with E-state index in [4.69, 9.17) is 5.11 Å². The lowest BCUT2D eigenvalue weighted by atomic mass is 10.0. The molecule has 0 aliphatic heterocycles. The maximum absolute atomic E-state index is 13.4. The molecule has 6 nitrogen and oxygen atoms in total. The van der Waals surface area contributed by atoms with Crippen LogP contribution in [0.2, 0.25) is 0 Å². The fraction of sp³-hybridized carbons (Fsp3) is 0.217. The average molecular weight is 424 g/mol. The van der Waals surface area contributed by atoms with Crippen molar-refractivity contribution in [2.75, 3.05) is 26.7 Å². The standard InChI is InChI=1S/C23H21N3O3.ClH/c1-24(13-14-27)11-12-25-22(28)18-8-4-7-17-20-16-6-3-2-5-15(16)9-10-19(20)26(21(17)18)23(25)29;/h2-10,27H,11-14H2,1H3;1H. The molecule has 1 N–H and O–H groups in total. The van der Waals surface area contributed by atoms with Crippen LogP contribution in [0.25, 0.3) is 38.0 Å². The van der Waals surface area contributed by atoms with Crippen LogP contribution in [0.15, 0.2) is 64.2 Å². The van der Waals surface area contributed by atoms with Crippen molar-refractivity contribution in [3.63, 3.8) is 0 Å². The Bertz CT molecular complexity index is 1490. The van der Waals surface area contributed by atoms with Crippen LogP contribution in [0.3, 0.4) is 0 Å². The molecule has 154 valence electrons. The molecule has 0 radical (unpaired) electrons. The summed E-state index contributed by atoms with van der Waals surface area (Å²) < 4.78 is 2.99. The summed E-state index contributed by atoms with van der Waals surface area (Å²) >= 11 is 0. The summed E-state index contributed by atoms with van der Waals surface area (Å²) in [6.45, 7) is 1.31. The smallest absolute Gasteiger partial charge is 0.336 e. The minimum Gasteiger partial charge on any atom is -0.395 e. The molecule has 3 aromatic carbocycles. The van der Waals surface area contributed by atoms with Crippen molar-refractivity contribution in [3.8, 4) is 0 Å². The summed E-state index contributed by atoms with van der Waals surface area (Å²) in [6, 6.07) is 17.7. The minimum absolute atomic E-state index is 0. The van der Waals surface area contributed by atoms with Gasteiger partial charge < -0.3 is 10.0 Å². The first-order valence-electron chi connectivity index (χ1n) is 9.72. The molecular formula is C23H22ClN3O3. The normalized spacial score (nSPS) is 11.8. The molecule has 0 spiro atoms. The van der Waals surface area contributed by atoms with Crippen LogP contribution in [0, 0.1) is 0 Å². The highest BCUT2D eigenvalue weighted by Gasteiger charge is 2.19. The Kier molecular flexibility index (Phi) is 5.24. The number of likely N-dealkylation sites (N-methyl/N-ethyl adjacent to an activating group) is 1. The Balaban J connectivity index is 0.00000218. The first-order valence-corrected chi connectivity index (χ1v) is 9.72. The van der Waals surface area contributed by atoms with Gasteiger partial charge in [-0.1, -0.05) is 42.5 Å². The molecule has 0 fully saturated rings. The Morgan fingerprint density at radius 2 is 1.63 bits per heavy atom. The van der Waals surface area contributed by atoms with Crippen LogP contribution >= 0.6 is 12.4 Å². The largest absolute Gasteiger partial charge is 0.395 e. The van der Waals surface area contributed by atoms with Crippen molar-refractivity contribution in [1.82, 2.24) is 13.9 Å². The molecule has 7 heteroatoms. The third-order valence-electron chi connectivity index (χ3n) is 5.76. The summed E-state index contributed by atoms with van der Waals surface area (Å²) in [6.07, 6.45) is 0. The summed E-state index contributed by atoms with van der Waals surface area (Å²) in [5, 5.41) is 13.7. The van der Waals surface area contributed by atoms with Gasteiger partial charge in [0.2, 0.25) is 0 Å². The van der Waals surface area contributed by atoms with Crippen molar-refractivity contribution in [3.05, 3.63) is 75.4 Å². The SMILES string of the molecule is CN(CCO)CCn1c(=O)c2cccc3c4c5ccccc5ccc4n(c1=O)c23.Cl. The van der Waals surface area contributed by atoms with Crippen LogP contribution in [0.5, 0.6) is 0 Å². The topological polar surface area (TPSA) is 66.9 Å². The van der Waals surface area contributed by atoms with Gasteiger partial charge in [0.15, 0.2) is 0 Å². The molecule has 0 saturated heterocycles. The average Bonchev–Trinajstić information content (AvgIpc) is 3.08. The Morgan fingerprint density at radius 1 is 0.900 bits per heavy atom. The number of aliphatic hydroxyl groups is 1. The first kappa shape index (κ1) is 20.3. The Morgan fingerprint density at radius 3 is 2.43 bits per heavy atom. The lowest BCUT2D eigenvalue weighted by Gasteiger charge is -2.16. The maximum atomic E-state index is 13.4. The van der Waals surface area contributed by atoms with E-state index in [1.54, 1.807) is 10.5 Å². The zero-order valence-corrected chi connectivity index (χ0v) is 17.4. The predicted molar refractivity (Wildman–Crippen MR) is 123 cm³/mol. The van der Waals surface area contributed by atoms with Crippen molar-refractivity contribution in [1.29, 1.82) is 0 Å². The summed E-state index contributed by atoms with van der Waals surface area (Å²) in [4.78, 5) is 28.4. The molecular weight excluding hydrogens is 402 g/mol. The number of hydrogen-bond donors (Lipinski definition) is 1. The first-order chi connectivity index (χ1) is 14.1. The maximum Gasteiger partial charge on any atom is 0.336 e. The van der Waals surface area contributed by atoms with Crippen molar-refractivity contribution >= 4 is 50.4 Å². The number of hydrogen-bond acceptors (Lipinski definition) is 4. The van der Waals surface area contributed by atoms with E-state index < -0.39 is 0 Å². The van der Waals surface area contributed by atoms with Gasteiger partial charge in [-0.15, -0.1) is 12.4 Å². The molecule has 30 heavy (non-hydrogen) atoms. The lowest BCUT2D eigenvalue weighted by molar-refractivity contribution is 0.216. The molecule has 2 heterocycles. The van der Waals surface area contributed by atoms with Crippen molar-refractivity contribution < 1.29 is 5.11 Å². The molecule has 5 aromatic rings. The third kappa shape index (κ3) is 2.88. The van der Waals surface area contributed by atoms with E-state index in [-0.39, 0.29) is 36.8 Å². The second kappa shape index (κ2) is 7.72. The zero-order chi connectivity index (χ0) is 20.1. The van der Waals surface area contributed by atoms with E-state index in [9.17, 15) is 9.59 Å². The number of rotatable bonds is 5. The van der Waals surface area contributed by atoms with Crippen LogP contribution in [-0.2, 0) is 6.54 Å². The van der Waals surface area contributed by atoms with Gasteiger partial charge in [0.1, 0.15) is 0 Å². The molecule has 0 amide bonds. The minimum atomic E-state index is -0.318. The molecule has 2 aromatic heterocycles. The Labute approximate surface area is 178 Å². The number of nitrogens with zero attached hydrogens (tertiary/aromatic N) is 3. The highest BCUT2D eigenvalue weighted by Crippen LogP contribution is 2.34. The highest BCUT2D eigenvalue weighted by molar-refractivity contribution is 6.23. The van der Waals surface area contributed by atoms with E-state index in [0.717, 1.165) is 27.1 Å². The predicted octanol–water partition coefficient (Wildman–Crippen LogP) is 2.70.